The Morgan fingerprint density at radius 1 is 1.35 bits per heavy atom. The van der Waals surface area contributed by atoms with Crippen LogP contribution in [0.4, 0.5) is 0 Å². The van der Waals surface area contributed by atoms with Gasteiger partial charge in [0.05, 0.1) is 6.61 Å². The molecule has 102 valence electrons. The van der Waals surface area contributed by atoms with E-state index in [1.165, 1.54) is 0 Å². The average molecular weight is 245 g/mol. The van der Waals surface area contributed by atoms with E-state index in [1.54, 1.807) is 0 Å². The highest BCUT2D eigenvalue weighted by atomic mass is 16.5. The number of hydrogen-bond donors (Lipinski definition) is 2. The monoisotopic (exact) mass is 245 g/mol. The molecule has 1 amide bonds. The first-order valence-corrected chi connectivity index (χ1v) is 6.47. The van der Waals surface area contributed by atoms with Gasteiger partial charge in [0.25, 0.3) is 0 Å². The fourth-order valence-corrected chi connectivity index (χ4v) is 1.48. The van der Waals surface area contributed by atoms with Crippen LogP contribution in [0.3, 0.4) is 0 Å². The topological polar surface area (TPSA) is 58.6 Å². The number of amides is 1. The molecule has 0 aliphatic heterocycles. The third-order valence-corrected chi connectivity index (χ3v) is 2.60. The van der Waals surface area contributed by atoms with Gasteiger partial charge in [-0.1, -0.05) is 20.8 Å². The number of carbonyl (C=O) groups is 1. The van der Waals surface area contributed by atoms with E-state index in [2.05, 4.69) is 19.2 Å². The van der Waals surface area contributed by atoms with Gasteiger partial charge in [0.2, 0.25) is 5.91 Å². The number of aliphatic hydroxyl groups is 1. The predicted octanol–water partition coefficient (Wildman–Crippen LogP) is 1.72. The predicted molar refractivity (Wildman–Crippen MR) is 68.8 cm³/mol. The highest BCUT2D eigenvalue weighted by molar-refractivity contribution is 5.75. The summed E-state index contributed by atoms with van der Waals surface area (Å²) in [6.45, 7) is 8.31. The summed E-state index contributed by atoms with van der Waals surface area (Å²) >= 11 is 0. The SMILES string of the molecule is CCCOCCC(=O)NCC(C)(C)CCCO. The molecule has 4 heteroatoms. The van der Waals surface area contributed by atoms with E-state index < -0.39 is 0 Å². The molecule has 0 unspecified atom stereocenters. The largest absolute Gasteiger partial charge is 0.396 e. The standard InChI is InChI=1S/C13H27NO3/c1-4-9-17-10-6-12(16)14-11-13(2,3)7-5-8-15/h15H,4-11H2,1-3H3,(H,14,16). The van der Waals surface area contributed by atoms with Crippen molar-refractivity contribution in [3.05, 3.63) is 0 Å². The van der Waals surface area contributed by atoms with Gasteiger partial charge in [-0.05, 0) is 24.7 Å². The fraction of sp³-hybridized carbons (Fsp3) is 0.923. The van der Waals surface area contributed by atoms with Crippen LogP contribution in [0.15, 0.2) is 0 Å². The number of ether oxygens (including phenoxy) is 1. The molecule has 0 aliphatic carbocycles. The van der Waals surface area contributed by atoms with Crippen LogP contribution in [-0.2, 0) is 9.53 Å². The van der Waals surface area contributed by atoms with Gasteiger partial charge in [-0.15, -0.1) is 0 Å². The van der Waals surface area contributed by atoms with Crippen molar-refractivity contribution in [2.24, 2.45) is 5.41 Å². The van der Waals surface area contributed by atoms with E-state index in [0.29, 0.717) is 19.6 Å². The van der Waals surface area contributed by atoms with Gasteiger partial charge in [-0.2, -0.15) is 0 Å². The number of hydrogen-bond acceptors (Lipinski definition) is 3. The molecule has 0 aliphatic rings. The molecule has 0 fully saturated rings. The Balaban J connectivity index is 3.60. The van der Waals surface area contributed by atoms with Gasteiger partial charge in [-0.25, -0.2) is 0 Å². The Morgan fingerprint density at radius 2 is 2.06 bits per heavy atom. The van der Waals surface area contributed by atoms with Crippen molar-refractivity contribution in [1.82, 2.24) is 5.32 Å². The van der Waals surface area contributed by atoms with E-state index in [1.807, 2.05) is 6.92 Å². The van der Waals surface area contributed by atoms with Crippen LogP contribution in [0, 0.1) is 5.41 Å². The minimum Gasteiger partial charge on any atom is -0.396 e. The molecule has 0 heterocycles. The van der Waals surface area contributed by atoms with Crippen molar-refractivity contribution >= 4 is 5.91 Å². The van der Waals surface area contributed by atoms with E-state index in [4.69, 9.17) is 9.84 Å². The number of aliphatic hydroxyl groups excluding tert-OH is 1. The Kier molecular flexibility index (Phi) is 9.09. The van der Waals surface area contributed by atoms with E-state index in [-0.39, 0.29) is 17.9 Å². The zero-order valence-electron chi connectivity index (χ0n) is 11.4. The Labute approximate surface area is 105 Å². The molecular formula is C13H27NO3. The van der Waals surface area contributed by atoms with E-state index in [9.17, 15) is 4.79 Å². The zero-order chi connectivity index (χ0) is 13.1. The molecule has 17 heavy (non-hydrogen) atoms. The Morgan fingerprint density at radius 3 is 2.65 bits per heavy atom. The second kappa shape index (κ2) is 9.42. The molecule has 0 aromatic heterocycles. The summed E-state index contributed by atoms with van der Waals surface area (Å²) in [4.78, 5) is 11.5. The average Bonchev–Trinajstić information content (AvgIpc) is 2.30. The highest BCUT2D eigenvalue weighted by Gasteiger charge is 2.17. The van der Waals surface area contributed by atoms with E-state index >= 15 is 0 Å². The first kappa shape index (κ1) is 16.4. The van der Waals surface area contributed by atoms with Crippen LogP contribution < -0.4 is 5.32 Å². The molecule has 4 nitrogen and oxygen atoms in total. The van der Waals surface area contributed by atoms with E-state index in [0.717, 1.165) is 25.9 Å². The smallest absolute Gasteiger partial charge is 0.222 e. The highest BCUT2D eigenvalue weighted by Crippen LogP contribution is 2.20. The van der Waals surface area contributed by atoms with Gasteiger partial charge in [0.15, 0.2) is 0 Å². The number of nitrogens with one attached hydrogen (secondary N) is 1. The normalized spacial score (nSPS) is 11.5. The first-order chi connectivity index (χ1) is 8.02. The van der Waals surface area contributed by atoms with Crippen molar-refractivity contribution in [2.75, 3.05) is 26.4 Å². The molecule has 0 spiro atoms. The van der Waals surface area contributed by atoms with Gasteiger partial charge in [0.1, 0.15) is 0 Å². The van der Waals surface area contributed by atoms with Crippen molar-refractivity contribution in [2.45, 2.75) is 46.5 Å². The fourth-order valence-electron chi connectivity index (χ4n) is 1.48. The first-order valence-electron chi connectivity index (χ1n) is 6.47. The molecule has 2 N–H and O–H groups in total. The van der Waals surface area contributed by atoms with Crippen LogP contribution in [-0.4, -0.2) is 37.4 Å². The van der Waals surface area contributed by atoms with Crippen LogP contribution in [0.1, 0.15) is 46.5 Å². The second-order valence-corrected chi connectivity index (χ2v) is 5.13. The summed E-state index contributed by atoms with van der Waals surface area (Å²) in [6, 6.07) is 0. The third-order valence-electron chi connectivity index (χ3n) is 2.60. The van der Waals surface area contributed by atoms with Crippen LogP contribution >= 0.6 is 0 Å². The second-order valence-electron chi connectivity index (χ2n) is 5.13. The molecule has 0 saturated heterocycles. The van der Waals surface area contributed by atoms with Gasteiger partial charge in [-0.3, -0.25) is 4.79 Å². The third kappa shape index (κ3) is 10.3. The lowest BCUT2D eigenvalue weighted by atomic mass is 9.88. The lowest BCUT2D eigenvalue weighted by Crippen LogP contribution is -2.34. The Bertz CT molecular complexity index is 205. The summed E-state index contributed by atoms with van der Waals surface area (Å²) in [5.41, 5.74) is 0.0443. The van der Waals surface area contributed by atoms with Crippen molar-refractivity contribution in [1.29, 1.82) is 0 Å². The van der Waals surface area contributed by atoms with Crippen molar-refractivity contribution in [3.63, 3.8) is 0 Å². The maximum absolute atomic E-state index is 11.5. The van der Waals surface area contributed by atoms with Gasteiger partial charge >= 0.3 is 0 Å². The maximum atomic E-state index is 11.5. The molecule has 0 bridgehead atoms. The molecule has 0 radical (unpaired) electrons. The molecule has 0 aromatic carbocycles. The summed E-state index contributed by atoms with van der Waals surface area (Å²) in [6.07, 6.45) is 3.10. The number of carbonyl (C=O) groups excluding carboxylic acids is 1. The van der Waals surface area contributed by atoms with Crippen molar-refractivity contribution in [3.8, 4) is 0 Å². The molecular weight excluding hydrogens is 218 g/mol. The van der Waals surface area contributed by atoms with Crippen molar-refractivity contribution < 1.29 is 14.6 Å². The summed E-state index contributed by atoms with van der Waals surface area (Å²) in [5, 5.41) is 11.7. The van der Waals surface area contributed by atoms with Gasteiger partial charge in [0, 0.05) is 26.2 Å². The summed E-state index contributed by atoms with van der Waals surface area (Å²) in [5.74, 6) is 0.0400. The van der Waals surface area contributed by atoms with Crippen LogP contribution in [0.25, 0.3) is 0 Å². The quantitative estimate of drug-likeness (QED) is 0.576. The molecule has 0 atom stereocenters. The lowest BCUT2D eigenvalue weighted by Gasteiger charge is -2.24. The molecule has 0 rings (SSSR count). The van der Waals surface area contributed by atoms with Crippen LogP contribution in [0.2, 0.25) is 0 Å². The minimum atomic E-state index is 0.0400. The Hall–Kier alpha value is -0.610. The lowest BCUT2D eigenvalue weighted by molar-refractivity contribution is -0.122. The number of rotatable bonds is 10. The van der Waals surface area contributed by atoms with Crippen LogP contribution in [0.5, 0.6) is 0 Å². The molecule has 0 saturated carbocycles. The molecule has 0 aromatic rings. The maximum Gasteiger partial charge on any atom is 0.222 e. The summed E-state index contributed by atoms with van der Waals surface area (Å²) in [7, 11) is 0. The van der Waals surface area contributed by atoms with Gasteiger partial charge < -0.3 is 15.2 Å². The minimum absolute atomic E-state index is 0.0400. The summed E-state index contributed by atoms with van der Waals surface area (Å²) < 4.78 is 5.26. The zero-order valence-corrected chi connectivity index (χ0v) is 11.4.